The molecule has 1 fully saturated rings. The molecule has 0 aromatic carbocycles. The van der Waals surface area contributed by atoms with Crippen molar-refractivity contribution in [3.05, 3.63) is 36.0 Å². The van der Waals surface area contributed by atoms with Gasteiger partial charge in [-0.2, -0.15) is 13.2 Å². The minimum absolute atomic E-state index is 0.114. The van der Waals surface area contributed by atoms with E-state index in [1.54, 1.807) is 18.5 Å². The average Bonchev–Trinajstić information content (AvgIpc) is 2.54. The van der Waals surface area contributed by atoms with Gasteiger partial charge in [0.05, 0.1) is 0 Å². The predicted molar refractivity (Wildman–Crippen MR) is 78.2 cm³/mol. The molecule has 9 heteroatoms. The molecular weight excluding hydrogens is 309 g/mol. The quantitative estimate of drug-likeness (QED) is 0.841. The SMILES string of the molecule is Cc1nc(N2CCN(c3ncccn3)CC2)cc(C(F)(F)F)n1. The molecule has 0 unspecified atom stereocenters. The molecule has 0 saturated carbocycles. The summed E-state index contributed by atoms with van der Waals surface area (Å²) in [6.07, 6.45) is -1.14. The van der Waals surface area contributed by atoms with E-state index >= 15 is 0 Å². The molecule has 0 spiro atoms. The van der Waals surface area contributed by atoms with E-state index in [2.05, 4.69) is 19.9 Å². The molecule has 0 bridgehead atoms. The fraction of sp³-hybridized carbons (Fsp3) is 0.429. The van der Waals surface area contributed by atoms with Crippen molar-refractivity contribution in [2.75, 3.05) is 36.0 Å². The third-order valence-electron chi connectivity index (χ3n) is 3.55. The molecule has 122 valence electrons. The number of halogens is 3. The third-order valence-corrected chi connectivity index (χ3v) is 3.55. The molecule has 0 atom stereocenters. The van der Waals surface area contributed by atoms with Gasteiger partial charge in [0.15, 0.2) is 0 Å². The maximum absolute atomic E-state index is 12.9. The lowest BCUT2D eigenvalue weighted by Gasteiger charge is -2.35. The van der Waals surface area contributed by atoms with Gasteiger partial charge in [0.2, 0.25) is 5.95 Å². The van der Waals surface area contributed by atoms with Crippen molar-refractivity contribution in [3.8, 4) is 0 Å². The van der Waals surface area contributed by atoms with Crippen LogP contribution in [-0.4, -0.2) is 46.1 Å². The van der Waals surface area contributed by atoms with Crippen LogP contribution in [0.25, 0.3) is 0 Å². The highest BCUT2D eigenvalue weighted by Crippen LogP contribution is 2.30. The molecule has 6 nitrogen and oxygen atoms in total. The van der Waals surface area contributed by atoms with Crippen molar-refractivity contribution < 1.29 is 13.2 Å². The Morgan fingerprint density at radius 1 is 0.957 bits per heavy atom. The van der Waals surface area contributed by atoms with Gasteiger partial charge in [-0.1, -0.05) is 0 Å². The molecule has 23 heavy (non-hydrogen) atoms. The van der Waals surface area contributed by atoms with Gasteiger partial charge in [-0.25, -0.2) is 19.9 Å². The van der Waals surface area contributed by atoms with Gasteiger partial charge in [-0.15, -0.1) is 0 Å². The zero-order valence-electron chi connectivity index (χ0n) is 12.5. The highest BCUT2D eigenvalue weighted by atomic mass is 19.4. The lowest BCUT2D eigenvalue weighted by molar-refractivity contribution is -0.141. The van der Waals surface area contributed by atoms with Crippen LogP contribution in [-0.2, 0) is 6.18 Å². The number of alkyl halides is 3. The molecule has 2 aromatic rings. The van der Waals surface area contributed by atoms with Crippen molar-refractivity contribution in [3.63, 3.8) is 0 Å². The van der Waals surface area contributed by atoms with Gasteiger partial charge in [-0.05, 0) is 13.0 Å². The fourth-order valence-corrected chi connectivity index (χ4v) is 2.45. The Balaban J connectivity index is 1.74. The van der Waals surface area contributed by atoms with Crippen LogP contribution < -0.4 is 9.80 Å². The number of nitrogens with zero attached hydrogens (tertiary/aromatic N) is 6. The molecule has 1 aliphatic rings. The number of hydrogen-bond acceptors (Lipinski definition) is 6. The van der Waals surface area contributed by atoms with Crippen LogP contribution in [0.1, 0.15) is 11.5 Å². The van der Waals surface area contributed by atoms with Crippen LogP contribution in [0.5, 0.6) is 0 Å². The van der Waals surface area contributed by atoms with Crippen molar-refractivity contribution >= 4 is 11.8 Å². The molecule has 3 rings (SSSR count). The molecule has 0 amide bonds. The minimum atomic E-state index is -4.47. The van der Waals surface area contributed by atoms with Crippen molar-refractivity contribution in [2.45, 2.75) is 13.1 Å². The van der Waals surface area contributed by atoms with E-state index in [1.807, 2.05) is 9.80 Å². The van der Waals surface area contributed by atoms with Gasteiger partial charge in [-0.3, -0.25) is 0 Å². The first-order valence-corrected chi connectivity index (χ1v) is 7.13. The number of aryl methyl sites for hydroxylation is 1. The molecule has 1 aliphatic heterocycles. The summed E-state index contributed by atoms with van der Waals surface area (Å²) in [6.45, 7) is 3.80. The topological polar surface area (TPSA) is 58.0 Å². The summed E-state index contributed by atoms with van der Waals surface area (Å²) in [5.41, 5.74) is -0.908. The van der Waals surface area contributed by atoms with Gasteiger partial charge >= 0.3 is 6.18 Å². The first kappa shape index (κ1) is 15.4. The summed E-state index contributed by atoms with van der Waals surface area (Å²) in [7, 11) is 0. The Morgan fingerprint density at radius 2 is 1.57 bits per heavy atom. The number of piperazine rings is 1. The van der Waals surface area contributed by atoms with E-state index in [1.165, 1.54) is 6.92 Å². The fourth-order valence-electron chi connectivity index (χ4n) is 2.45. The third kappa shape index (κ3) is 3.49. The molecular formula is C14H15F3N6. The first-order chi connectivity index (χ1) is 10.9. The van der Waals surface area contributed by atoms with Gasteiger partial charge < -0.3 is 9.80 Å². The summed E-state index contributed by atoms with van der Waals surface area (Å²) in [5.74, 6) is 1.05. The maximum atomic E-state index is 12.9. The molecule has 1 saturated heterocycles. The molecule has 0 N–H and O–H groups in total. The van der Waals surface area contributed by atoms with Crippen LogP contribution in [0.15, 0.2) is 24.5 Å². The summed E-state index contributed by atoms with van der Waals surface area (Å²) in [5, 5.41) is 0. The summed E-state index contributed by atoms with van der Waals surface area (Å²) < 4.78 is 38.6. The Morgan fingerprint density at radius 3 is 2.17 bits per heavy atom. The predicted octanol–water partition coefficient (Wildman–Crippen LogP) is 1.92. The second kappa shape index (κ2) is 5.98. The van der Waals surface area contributed by atoms with Crippen LogP contribution in [0.3, 0.4) is 0 Å². The van der Waals surface area contributed by atoms with E-state index in [4.69, 9.17) is 0 Å². The highest BCUT2D eigenvalue weighted by Gasteiger charge is 2.34. The van der Waals surface area contributed by atoms with E-state index in [9.17, 15) is 13.2 Å². The van der Waals surface area contributed by atoms with Crippen molar-refractivity contribution in [2.24, 2.45) is 0 Å². The van der Waals surface area contributed by atoms with Gasteiger partial charge in [0, 0.05) is 44.6 Å². The van der Waals surface area contributed by atoms with Gasteiger partial charge in [0.1, 0.15) is 17.3 Å². The second-order valence-electron chi connectivity index (χ2n) is 5.18. The monoisotopic (exact) mass is 324 g/mol. The first-order valence-electron chi connectivity index (χ1n) is 7.13. The maximum Gasteiger partial charge on any atom is 0.433 e. The lowest BCUT2D eigenvalue weighted by Crippen LogP contribution is -2.47. The van der Waals surface area contributed by atoms with Gasteiger partial charge in [0.25, 0.3) is 0 Å². The Kier molecular flexibility index (Phi) is 4.01. The summed E-state index contributed by atoms with van der Waals surface area (Å²) in [6, 6.07) is 2.74. The Hall–Kier alpha value is -2.45. The molecule has 0 radical (unpaired) electrons. The zero-order chi connectivity index (χ0) is 16.4. The Bertz CT molecular complexity index is 668. The van der Waals surface area contributed by atoms with Crippen LogP contribution in [0.2, 0.25) is 0 Å². The summed E-state index contributed by atoms with van der Waals surface area (Å²) in [4.78, 5) is 19.8. The number of aromatic nitrogens is 4. The standard InChI is InChI=1S/C14H15F3N6/c1-10-20-11(14(15,16)17)9-12(21-10)22-5-7-23(8-6-22)13-18-3-2-4-19-13/h2-4,9H,5-8H2,1H3. The average molecular weight is 324 g/mol. The lowest BCUT2D eigenvalue weighted by atomic mass is 10.3. The Labute approximate surface area is 131 Å². The largest absolute Gasteiger partial charge is 0.433 e. The van der Waals surface area contributed by atoms with E-state index in [-0.39, 0.29) is 5.82 Å². The molecule has 3 heterocycles. The van der Waals surface area contributed by atoms with Crippen molar-refractivity contribution in [1.82, 2.24) is 19.9 Å². The number of anilines is 2. The molecule has 2 aromatic heterocycles. The summed E-state index contributed by atoms with van der Waals surface area (Å²) >= 11 is 0. The second-order valence-corrected chi connectivity index (χ2v) is 5.18. The van der Waals surface area contributed by atoms with Crippen molar-refractivity contribution in [1.29, 1.82) is 0 Å². The number of rotatable bonds is 2. The van der Waals surface area contributed by atoms with Crippen LogP contribution in [0, 0.1) is 6.92 Å². The van der Waals surface area contributed by atoms with E-state index in [0.717, 1.165) is 6.07 Å². The normalized spacial score (nSPS) is 15.8. The van der Waals surface area contributed by atoms with E-state index in [0.29, 0.717) is 37.9 Å². The van der Waals surface area contributed by atoms with Crippen LogP contribution >= 0.6 is 0 Å². The zero-order valence-corrected chi connectivity index (χ0v) is 12.5. The molecule has 0 aliphatic carbocycles. The number of hydrogen-bond donors (Lipinski definition) is 0. The van der Waals surface area contributed by atoms with E-state index < -0.39 is 11.9 Å². The smallest absolute Gasteiger partial charge is 0.353 e. The van der Waals surface area contributed by atoms with Crippen LogP contribution in [0.4, 0.5) is 24.9 Å². The highest BCUT2D eigenvalue weighted by molar-refractivity contribution is 5.43. The minimum Gasteiger partial charge on any atom is -0.353 e.